The first-order chi connectivity index (χ1) is 12.5. The van der Waals surface area contributed by atoms with Crippen LogP contribution < -0.4 is 4.74 Å². The van der Waals surface area contributed by atoms with Crippen molar-refractivity contribution in [2.45, 2.75) is 57.7 Å². The van der Waals surface area contributed by atoms with Crippen LogP contribution >= 0.6 is 0 Å². The number of hydrogen-bond donors (Lipinski definition) is 0. The Balaban J connectivity index is 1.42. The molecule has 0 radical (unpaired) electrons. The molecule has 0 bridgehead atoms. The third-order valence-electron chi connectivity index (χ3n) is 4.77. The molecule has 2 rings (SSSR count). The minimum atomic E-state index is -0.198. The minimum Gasteiger partial charge on any atom is -0.494 e. The summed E-state index contributed by atoms with van der Waals surface area (Å²) in [5.74, 6) is 0.934. The zero-order chi connectivity index (χ0) is 18.7. The molecule has 0 unspecified atom stereocenters. The fraction of sp³-hybridized carbons (Fsp3) is 0.727. The highest BCUT2D eigenvalue weighted by molar-refractivity contribution is 5.28. The van der Waals surface area contributed by atoms with Crippen molar-refractivity contribution in [2.75, 3.05) is 47.5 Å². The van der Waals surface area contributed by atoms with E-state index in [-0.39, 0.29) is 6.29 Å². The van der Waals surface area contributed by atoms with Crippen molar-refractivity contribution in [2.24, 2.45) is 0 Å². The predicted molar refractivity (Wildman–Crippen MR) is 106 cm³/mol. The van der Waals surface area contributed by atoms with Gasteiger partial charge in [-0.1, -0.05) is 44.2 Å². The lowest BCUT2D eigenvalue weighted by molar-refractivity contribution is -0.870. The lowest BCUT2D eigenvalue weighted by atomic mass is 10.1. The molecule has 1 fully saturated rings. The van der Waals surface area contributed by atoms with Crippen molar-refractivity contribution in [3.63, 3.8) is 0 Å². The van der Waals surface area contributed by atoms with Gasteiger partial charge in [-0.15, -0.1) is 0 Å². The molecule has 1 saturated heterocycles. The van der Waals surface area contributed by atoms with E-state index < -0.39 is 0 Å². The summed E-state index contributed by atoms with van der Waals surface area (Å²) in [7, 11) is 6.82. The van der Waals surface area contributed by atoms with Crippen LogP contribution in [0.25, 0.3) is 0 Å². The molecular formula is C22H38NO3+. The molecular weight excluding hydrogens is 326 g/mol. The van der Waals surface area contributed by atoms with E-state index in [1.807, 2.05) is 24.3 Å². The van der Waals surface area contributed by atoms with Crippen molar-refractivity contribution in [1.82, 2.24) is 0 Å². The second kappa shape index (κ2) is 11.6. The molecule has 1 aliphatic rings. The molecule has 1 aromatic carbocycles. The lowest BCUT2D eigenvalue weighted by Gasteiger charge is -2.23. The average Bonchev–Trinajstić information content (AvgIpc) is 3.14. The highest BCUT2D eigenvalue weighted by Gasteiger charge is 2.17. The largest absolute Gasteiger partial charge is 0.494 e. The maximum atomic E-state index is 5.83. The quantitative estimate of drug-likeness (QED) is 0.367. The third kappa shape index (κ3) is 9.02. The first kappa shape index (κ1) is 21.2. The van der Waals surface area contributed by atoms with Gasteiger partial charge in [0.25, 0.3) is 0 Å². The van der Waals surface area contributed by atoms with Crippen LogP contribution in [0.2, 0.25) is 0 Å². The van der Waals surface area contributed by atoms with Gasteiger partial charge in [0, 0.05) is 5.56 Å². The Morgan fingerprint density at radius 1 is 0.808 bits per heavy atom. The Morgan fingerprint density at radius 3 is 1.92 bits per heavy atom. The maximum absolute atomic E-state index is 5.83. The topological polar surface area (TPSA) is 27.7 Å². The number of unbranched alkanes of at least 4 members (excludes halogenated alkanes) is 7. The van der Waals surface area contributed by atoms with Crippen LogP contribution in [0.5, 0.6) is 5.75 Å². The van der Waals surface area contributed by atoms with Crippen LogP contribution in [0.3, 0.4) is 0 Å². The number of ether oxygens (including phenoxy) is 3. The Kier molecular flexibility index (Phi) is 9.44. The van der Waals surface area contributed by atoms with Crippen molar-refractivity contribution < 1.29 is 18.7 Å². The van der Waals surface area contributed by atoms with Gasteiger partial charge < -0.3 is 18.7 Å². The van der Waals surface area contributed by atoms with Crippen molar-refractivity contribution in [1.29, 1.82) is 0 Å². The summed E-state index contributed by atoms with van der Waals surface area (Å²) in [5, 5.41) is 0. The number of rotatable bonds is 13. The standard InChI is InChI=1S/C22H38NO3/c1-23(2,3)16-10-8-6-4-5-7-9-11-17-24-21-14-12-20(13-15-21)22-25-18-19-26-22/h12-15,22H,4-11,16-19H2,1-3H3/q+1. The van der Waals surface area contributed by atoms with Crippen LogP contribution in [0.1, 0.15) is 63.2 Å². The first-order valence-corrected chi connectivity index (χ1v) is 10.3. The number of nitrogens with zero attached hydrogens (tertiary/aromatic N) is 1. The molecule has 1 aromatic rings. The van der Waals surface area contributed by atoms with Crippen molar-refractivity contribution in [3.05, 3.63) is 29.8 Å². The average molecular weight is 365 g/mol. The maximum Gasteiger partial charge on any atom is 0.184 e. The second-order valence-electron chi connectivity index (χ2n) is 8.33. The number of benzene rings is 1. The fourth-order valence-electron chi connectivity index (χ4n) is 3.21. The van der Waals surface area contributed by atoms with Gasteiger partial charge in [0.05, 0.1) is 47.5 Å². The van der Waals surface area contributed by atoms with Crippen LogP contribution in [0.4, 0.5) is 0 Å². The van der Waals surface area contributed by atoms with E-state index in [9.17, 15) is 0 Å². The van der Waals surface area contributed by atoms with Gasteiger partial charge in [-0.25, -0.2) is 0 Å². The molecule has 26 heavy (non-hydrogen) atoms. The summed E-state index contributed by atoms with van der Waals surface area (Å²) in [6, 6.07) is 8.08. The van der Waals surface area contributed by atoms with Gasteiger partial charge in [-0.05, 0) is 31.4 Å². The minimum absolute atomic E-state index is 0.198. The molecule has 0 N–H and O–H groups in total. The van der Waals surface area contributed by atoms with Gasteiger partial charge in [0.2, 0.25) is 0 Å². The van der Waals surface area contributed by atoms with Gasteiger partial charge in [-0.2, -0.15) is 0 Å². The second-order valence-corrected chi connectivity index (χ2v) is 8.33. The highest BCUT2D eigenvalue weighted by atomic mass is 16.7. The monoisotopic (exact) mass is 364 g/mol. The zero-order valence-electron chi connectivity index (χ0n) is 17.0. The van der Waals surface area contributed by atoms with E-state index in [1.165, 1.54) is 51.5 Å². The summed E-state index contributed by atoms with van der Waals surface area (Å²) >= 11 is 0. The van der Waals surface area contributed by atoms with Crippen molar-refractivity contribution >= 4 is 0 Å². The third-order valence-corrected chi connectivity index (χ3v) is 4.77. The predicted octanol–water partition coefficient (Wildman–Crippen LogP) is 4.94. The highest BCUT2D eigenvalue weighted by Crippen LogP contribution is 2.25. The van der Waals surface area contributed by atoms with Gasteiger partial charge in [0.15, 0.2) is 6.29 Å². The Hall–Kier alpha value is -1.10. The zero-order valence-corrected chi connectivity index (χ0v) is 17.0. The smallest absolute Gasteiger partial charge is 0.184 e. The normalized spacial score (nSPS) is 15.5. The summed E-state index contributed by atoms with van der Waals surface area (Å²) in [6.45, 7) is 3.45. The molecule has 0 amide bonds. The number of hydrogen-bond acceptors (Lipinski definition) is 3. The van der Waals surface area contributed by atoms with E-state index >= 15 is 0 Å². The van der Waals surface area contributed by atoms with E-state index in [0.717, 1.165) is 28.8 Å². The van der Waals surface area contributed by atoms with Crippen molar-refractivity contribution in [3.8, 4) is 5.75 Å². The summed E-state index contributed by atoms with van der Waals surface area (Å²) in [4.78, 5) is 0. The van der Waals surface area contributed by atoms with E-state index in [2.05, 4.69) is 21.1 Å². The van der Waals surface area contributed by atoms with E-state index in [0.29, 0.717) is 13.2 Å². The Labute approximate surface area is 160 Å². The summed E-state index contributed by atoms with van der Waals surface area (Å²) in [6.07, 6.45) is 10.4. The molecule has 4 heteroatoms. The molecule has 0 aliphatic carbocycles. The number of quaternary nitrogens is 1. The van der Waals surface area contributed by atoms with Gasteiger partial charge in [-0.3, -0.25) is 0 Å². The van der Waals surface area contributed by atoms with E-state index in [1.54, 1.807) is 0 Å². The molecule has 0 atom stereocenters. The molecule has 4 nitrogen and oxygen atoms in total. The molecule has 1 aliphatic heterocycles. The first-order valence-electron chi connectivity index (χ1n) is 10.3. The van der Waals surface area contributed by atoms with Crippen LogP contribution in [-0.2, 0) is 9.47 Å². The fourth-order valence-corrected chi connectivity index (χ4v) is 3.21. The molecule has 148 valence electrons. The molecule has 1 heterocycles. The Bertz CT molecular complexity index is 475. The van der Waals surface area contributed by atoms with E-state index in [4.69, 9.17) is 14.2 Å². The summed E-state index contributed by atoms with van der Waals surface area (Å²) in [5.41, 5.74) is 1.07. The summed E-state index contributed by atoms with van der Waals surface area (Å²) < 4.78 is 17.9. The van der Waals surface area contributed by atoms with Crippen LogP contribution in [0, 0.1) is 0 Å². The molecule has 0 spiro atoms. The van der Waals surface area contributed by atoms with Crippen LogP contribution in [-0.4, -0.2) is 52.0 Å². The SMILES string of the molecule is C[N+](C)(C)CCCCCCCCCCOc1ccc(C2OCCO2)cc1. The van der Waals surface area contributed by atoms with Gasteiger partial charge in [0.1, 0.15) is 5.75 Å². The van der Waals surface area contributed by atoms with Crippen LogP contribution in [0.15, 0.2) is 24.3 Å². The molecule has 0 aromatic heterocycles. The van der Waals surface area contributed by atoms with Gasteiger partial charge >= 0.3 is 0 Å². The Morgan fingerprint density at radius 2 is 1.35 bits per heavy atom. The lowest BCUT2D eigenvalue weighted by Crippen LogP contribution is -2.35. The molecule has 0 saturated carbocycles.